The zero-order chi connectivity index (χ0) is 14.7. The molecule has 0 aliphatic carbocycles. The number of anilines is 2. The Hall–Kier alpha value is -1.22. The largest absolute Gasteiger partial charge is 0.377 e. The van der Waals surface area contributed by atoms with E-state index in [-0.39, 0.29) is 0 Å². The van der Waals surface area contributed by atoms with Crippen LogP contribution in [0.3, 0.4) is 0 Å². The van der Waals surface area contributed by atoms with Gasteiger partial charge in [-0.15, -0.1) is 0 Å². The molecule has 0 aromatic heterocycles. The summed E-state index contributed by atoms with van der Waals surface area (Å²) in [6, 6.07) is 8.03. The van der Waals surface area contributed by atoms with Gasteiger partial charge in [0.25, 0.3) is 0 Å². The lowest BCUT2D eigenvalue weighted by Crippen LogP contribution is -2.55. The summed E-state index contributed by atoms with van der Waals surface area (Å²) in [5, 5.41) is 3.67. The van der Waals surface area contributed by atoms with Crippen LogP contribution >= 0.6 is 0 Å². The van der Waals surface area contributed by atoms with Gasteiger partial charge in [0.15, 0.2) is 0 Å². The molecule has 0 amide bonds. The van der Waals surface area contributed by atoms with Crippen molar-refractivity contribution in [1.29, 1.82) is 0 Å². The predicted molar refractivity (Wildman–Crippen MR) is 89.0 cm³/mol. The summed E-state index contributed by atoms with van der Waals surface area (Å²) in [4.78, 5) is 4.76. The van der Waals surface area contributed by atoms with Crippen molar-refractivity contribution < 1.29 is 0 Å². The molecule has 3 heteroatoms. The van der Waals surface area contributed by atoms with Gasteiger partial charge in [-0.2, -0.15) is 0 Å². The van der Waals surface area contributed by atoms with E-state index in [9.17, 15) is 0 Å². The second kappa shape index (κ2) is 6.49. The Labute approximate surface area is 124 Å². The third-order valence-corrected chi connectivity index (χ3v) is 4.29. The zero-order valence-electron chi connectivity index (χ0n) is 13.6. The molecule has 2 unspecified atom stereocenters. The molecule has 1 aliphatic rings. The summed E-state index contributed by atoms with van der Waals surface area (Å²) in [6.07, 6.45) is 2.51. The van der Waals surface area contributed by atoms with Crippen molar-refractivity contribution in [2.75, 3.05) is 37.0 Å². The zero-order valence-corrected chi connectivity index (χ0v) is 13.6. The van der Waals surface area contributed by atoms with Gasteiger partial charge in [-0.1, -0.05) is 19.4 Å². The highest BCUT2D eigenvalue weighted by Gasteiger charge is 2.24. The molecule has 2 atom stereocenters. The predicted octanol–water partition coefficient (Wildman–Crippen LogP) is 3.03. The highest BCUT2D eigenvalue weighted by Crippen LogP contribution is 2.27. The van der Waals surface area contributed by atoms with Crippen LogP contribution in [0.2, 0.25) is 0 Å². The lowest BCUT2D eigenvalue weighted by molar-refractivity contribution is 0.386. The van der Waals surface area contributed by atoms with Crippen molar-refractivity contribution in [1.82, 2.24) is 5.32 Å². The molecule has 1 fully saturated rings. The second-order valence-electron chi connectivity index (χ2n) is 6.26. The van der Waals surface area contributed by atoms with Crippen LogP contribution in [0.25, 0.3) is 0 Å². The third-order valence-electron chi connectivity index (χ3n) is 4.29. The van der Waals surface area contributed by atoms with Crippen LogP contribution in [0.15, 0.2) is 18.2 Å². The van der Waals surface area contributed by atoms with Crippen molar-refractivity contribution in [2.24, 2.45) is 0 Å². The molecular weight excluding hydrogens is 246 g/mol. The molecule has 112 valence electrons. The molecule has 1 aliphatic heterocycles. The van der Waals surface area contributed by atoms with E-state index in [1.165, 1.54) is 29.8 Å². The number of nitrogens with one attached hydrogen (secondary N) is 1. The fourth-order valence-corrected chi connectivity index (χ4v) is 3.09. The second-order valence-corrected chi connectivity index (χ2v) is 6.26. The molecule has 1 aromatic carbocycles. The van der Waals surface area contributed by atoms with Gasteiger partial charge in [0.05, 0.1) is 0 Å². The summed E-state index contributed by atoms with van der Waals surface area (Å²) in [5.41, 5.74) is 4.02. The average Bonchev–Trinajstić information content (AvgIpc) is 2.41. The number of benzene rings is 1. The molecule has 1 N–H and O–H groups in total. The van der Waals surface area contributed by atoms with Gasteiger partial charge < -0.3 is 15.1 Å². The lowest BCUT2D eigenvalue weighted by atomic mass is 10.0. The first-order valence-corrected chi connectivity index (χ1v) is 7.81. The Kier molecular flexibility index (Phi) is 4.92. The normalized spacial score (nSPS) is 22.9. The number of rotatable bonds is 4. The summed E-state index contributed by atoms with van der Waals surface area (Å²) in [7, 11) is 4.24. The Morgan fingerprint density at radius 3 is 2.75 bits per heavy atom. The van der Waals surface area contributed by atoms with E-state index < -0.39 is 0 Å². The first kappa shape index (κ1) is 15.2. The summed E-state index contributed by atoms with van der Waals surface area (Å²) in [6.45, 7) is 8.95. The molecule has 1 heterocycles. The molecule has 1 saturated heterocycles. The SMILES string of the molecule is CCCC1CN(c2ccc(C)c(N(C)C)c2)C(C)CN1. The molecule has 1 aromatic rings. The fraction of sp³-hybridized carbons (Fsp3) is 0.647. The number of nitrogens with zero attached hydrogens (tertiary/aromatic N) is 2. The number of hydrogen-bond acceptors (Lipinski definition) is 3. The van der Waals surface area contributed by atoms with Gasteiger partial charge in [0, 0.05) is 50.6 Å². The maximum Gasteiger partial charge on any atom is 0.0411 e. The highest BCUT2D eigenvalue weighted by atomic mass is 15.2. The van der Waals surface area contributed by atoms with Gasteiger partial charge >= 0.3 is 0 Å². The van der Waals surface area contributed by atoms with Crippen LogP contribution in [-0.4, -0.2) is 39.3 Å². The summed E-state index contributed by atoms with van der Waals surface area (Å²) in [5.74, 6) is 0. The quantitative estimate of drug-likeness (QED) is 0.911. The van der Waals surface area contributed by atoms with E-state index in [0.717, 1.165) is 13.1 Å². The smallest absolute Gasteiger partial charge is 0.0411 e. The molecule has 3 nitrogen and oxygen atoms in total. The third kappa shape index (κ3) is 3.26. The van der Waals surface area contributed by atoms with Crippen LogP contribution in [-0.2, 0) is 0 Å². The maximum absolute atomic E-state index is 3.67. The number of hydrogen-bond donors (Lipinski definition) is 1. The number of aryl methyl sites for hydroxylation is 1. The van der Waals surface area contributed by atoms with Crippen molar-refractivity contribution in [3.63, 3.8) is 0 Å². The molecular formula is C17H29N3. The van der Waals surface area contributed by atoms with Crippen LogP contribution in [0.1, 0.15) is 32.3 Å². The van der Waals surface area contributed by atoms with Crippen LogP contribution in [0, 0.1) is 6.92 Å². The average molecular weight is 275 g/mol. The maximum atomic E-state index is 3.67. The van der Waals surface area contributed by atoms with Crippen molar-refractivity contribution >= 4 is 11.4 Å². The minimum Gasteiger partial charge on any atom is -0.377 e. The van der Waals surface area contributed by atoms with Crippen molar-refractivity contribution in [3.05, 3.63) is 23.8 Å². The van der Waals surface area contributed by atoms with Crippen LogP contribution in [0.4, 0.5) is 11.4 Å². The van der Waals surface area contributed by atoms with Gasteiger partial charge in [0.1, 0.15) is 0 Å². The molecule has 0 spiro atoms. The van der Waals surface area contributed by atoms with E-state index in [4.69, 9.17) is 0 Å². The topological polar surface area (TPSA) is 18.5 Å². The van der Waals surface area contributed by atoms with Crippen LogP contribution < -0.4 is 15.1 Å². The molecule has 2 rings (SSSR count). The minimum absolute atomic E-state index is 0.556. The monoisotopic (exact) mass is 275 g/mol. The van der Waals surface area contributed by atoms with E-state index in [2.05, 4.69) is 68.2 Å². The van der Waals surface area contributed by atoms with Gasteiger partial charge in [-0.25, -0.2) is 0 Å². The first-order chi connectivity index (χ1) is 9.52. The molecule has 0 radical (unpaired) electrons. The van der Waals surface area contributed by atoms with Crippen LogP contribution in [0.5, 0.6) is 0 Å². The van der Waals surface area contributed by atoms with Gasteiger partial charge in [-0.3, -0.25) is 0 Å². The van der Waals surface area contributed by atoms with Gasteiger partial charge in [-0.05, 0) is 38.0 Å². The first-order valence-electron chi connectivity index (χ1n) is 7.81. The Morgan fingerprint density at radius 1 is 1.35 bits per heavy atom. The summed E-state index contributed by atoms with van der Waals surface area (Å²) >= 11 is 0. The van der Waals surface area contributed by atoms with E-state index in [1.54, 1.807) is 0 Å². The highest BCUT2D eigenvalue weighted by molar-refractivity contribution is 5.63. The molecule has 0 bridgehead atoms. The number of piperazine rings is 1. The Bertz CT molecular complexity index is 442. The lowest BCUT2D eigenvalue weighted by Gasteiger charge is -2.41. The molecule has 20 heavy (non-hydrogen) atoms. The van der Waals surface area contributed by atoms with Crippen molar-refractivity contribution in [3.8, 4) is 0 Å². The van der Waals surface area contributed by atoms with E-state index in [1.807, 2.05) is 0 Å². The molecule has 0 saturated carbocycles. The van der Waals surface area contributed by atoms with E-state index in [0.29, 0.717) is 12.1 Å². The standard InChI is InChI=1S/C17H29N3/c1-6-7-15-12-20(14(3)11-18-15)16-9-8-13(2)17(10-16)19(4)5/h8-10,14-15,18H,6-7,11-12H2,1-5H3. The van der Waals surface area contributed by atoms with Crippen molar-refractivity contribution in [2.45, 2.75) is 45.7 Å². The van der Waals surface area contributed by atoms with E-state index >= 15 is 0 Å². The Balaban J connectivity index is 2.22. The summed E-state index contributed by atoms with van der Waals surface area (Å²) < 4.78 is 0. The minimum atomic E-state index is 0.556. The Morgan fingerprint density at radius 2 is 2.10 bits per heavy atom. The van der Waals surface area contributed by atoms with Gasteiger partial charge in [0.2, 0.25) is 0 Å². The fourth-order valence-electron chi connectivity index (χ4n) is 3.09.